The van der Waals surface area contributed by atoms with E-state index >= 15 is 0 Å². The monoisotopic (exact) mass is 1720 g/mol. The number of imide groups is 3. The first-order chi connectivity index (χ1) is 52.4. The normalized spacial score (nSPS) is 28.2. The number of amides is 6. The quantitative estimate of drug-likeness (QED) is 0.0288. The number of benzene rings is 3. The van der Waals surface area contributed by atoms with Crippen LogP contribution < -0.4 is 0 Å². The molecule has 3 aromatic carbocycles. The second kappa shape index (κ2) is 43.5. The summed E-state index contributed by atoms with van der Waals surface area (Å²) in [6.45, 7) is 23.1. The molecule has 0 atom stereocenters. The largest absolute Gasteiger partial charge is 0.481 e. The van der Waals surface area contributed by atoms with Crippen LogP contribution in [0.25, 0.3) is 0 Å². The maximum atomic E-state index is 12.5. The number of ether oxygens (including phenoxy) is 4. The van der Waals surface area contributed by atoms with E-state index in [0.717, 1.165) is 76.0 Å². The summed E-state index contributed by atoms with van der Waals surface area (Å²) in [5.41, 5.74) is 0.499. The number of carboxylic acid groups (broad SMARTS) is 1. The van der Waals surface area contributed by atoms with Crippen LogP contribution in [0, 0.1) is 44.8 Å². The number of carbonyl (C=O) groups excluding carboxylic acids is 13. The molecule has 27 heteroatoms. The number of fused-ring (bicyclic) bond motifs is 3. The number of aliphatic carboxylic acids is 1. The van der Waals surface area contributed by atoms with Gasteiger partial charge in [-0.15, -0.1) is 0 Å². The molecular weight excluding hydrogens is 1600 g/mol. The van der Waals surface area contributed by atoms with Crippen molar-refractivity contribution >= 4 is 138 Å². The number of aliphatic hydroxyl groups is 1. The van der Waals surface area contributed by atoms with Crippen molar-refractivity contribution in [3.8, 4) is 0 Å². The average molecular weight is 1720 g/mol. The molecule has 6 saturated carbocycles. The molecule has 0 radical (unpaired) electrons. The molecule has 2 N–H and O–H groups in total. The lowest BCUT2D eigenvalue weighted by Gasteiger charge is -2.38. The molecule has 12 rings (SSSR count). The predicted molar refractivity (Wildman–Crippen MR) is 428 cm³/mol. The van der Waals surface area contributed by atoms with Crippen molar-refractivity contribution in [3.63, 3.8) is 0 Å². The van der Waals surface area contributed by atoms with E-state index in [2.05, 4.69) is 59.6 Å². The van der Waals surface area contributed by atoms with Crippen LogP contribution >= 0.6 is 57.4 Å². The second-order valence-corrected chi connectivity index (χ2v) is 32.5. The standard InChI is InChI=1S/C18H21NO4.C16H16ClNO3.C16H17NO4.C11H20O2.C10H18O3.C10H18O2.C2Cl2O2.CH3I/c1-3-23-17(22)18(2)10-8-12(9-11-18)19-15(20)13-6-4-5-7-14(13)16(19)21;1-16(15(17)21)8-6-10(7-9-16)18-13(19)11-4-2-3-5-12(11)14(18)20;1-16(15(20)21)8-6-10(7-9-16)17-13(18)11-4-2-3-5-12(11)14(17)19;1-4-13-10(12)11(3)7-5-9(2)6-8-11;1-3-13-9(12)10(2)6-4-8(11)5-7-10;1-3-12-10(11)9-6-4-8(2)5-7-9;3-1(5)2(4)6;1-2/h4-7,12H,3,8-11H2,1-2H3;2-5,10H,6-9H2,1H3;2-5,10H,6-9H2,1H3,(H,20,21);9H,4-8H2,1-3H3;8,11H,3-7H2,1-2H3;8-9H,3-7H2,1-2H3;;1H3. The molecule has 6 aliphatic carbocycles. The van der Waals surface area contributed by atoms with Crippen LogP contribution in [0.5, 0.6) is 0 Å². The molecule has 3 aromatic rings. The number of rotatable bonds is 14. The number of carboxylic acids is 1. The Hall–Kier alpha value is -7.00. The Labute approximate surface area is 681 Å². The zero-order valence-corrected chi connectivity index (χ0v) is 70.8. The summed E-state index contributed by atoms with van der Waals surface area (Å²) < 4.78 is 20.2. The number of alkyl halides is 1. The fourth-order valence-corrected chi connectivity index (χ4v) is 15.6. The molecule has 0 aromatic heterocycles. The molecule has 3 heterocycles. The third kappa shape index (κ3) is 24.8. The molecule has 0 unspecified atom stereocenters. The van der Waals surface area contributed by atoms with Crippen LogP contribution in [0.1, 0.15) is 292 Å². The van der Waals surface area contributed by atoms with Gasteiger partial charge in [0.25, 0.3) is 35.4 Å². The van der Waals surface area contributed by atoms with Gasteiger partial charge in [-0.2, -0.15) is 0 Å². The molecule has 9 aliphatic rings. The van der Waals surface area contributed by atoms with Crippen molar-refractivity contribution in [2.45, 2.75) is 254 Å². The van der Waals surface area contributed by atoms with Gasteiger partial charge in [-0.1, -0.05) is 79.8 Å². The Kier molecular flexibility index (Phi) is 37.0. The highest BCUT2D eigenvalue weighted by atomic mass is 127. The van der Waals surface area contributed by atoms with Gasteiger partial charge in [-0.25, -0.2) is 0 Å². The van der Waals surface area contributed by atoms with Crippen LogP contribution in [-0.4, -0.2) is 162 Å². The number of hydrogen-bond donors (Lipinski definition) is 2. The van der Waals surface area contributed by atoms with E-state index in [1.165, 1.54) is 27.5 Å². The molecule has 0 spiro atoms. The predicted octanol–water partition coefficient (Wildman–Crippen LogP) is 16.3. The summed E-state index contributed by atoms with van der Waals surface area (Å²) in [5.74, 6) is -0.663. The van der Waals surface area contributed by atoms with Crippen molar-refractivity contribution in [3.05, 3.63) is 106 Å². The molecule has 6 amide bonds. The molecule has 23 nitrogen and oxygen atoms in total. The highest BCUT2D eigenvalue weighted by Gasteiger charge is 2.49. The van der Waals surface area contributed by atoms with Gasteiger partial charge in [-0.3, -0.25) is 81.8 Å². The van der Waals surface area contributed by atoms with Crippen LogP contribution in [0.2, 0.25) is 0 Å². The van der Waals surface area contributed by atoms with Crippen molar-refractivity contribution in [1.29, 1.82) is 0 Å². The fraction of sp³-hybridized carbons (Fsp3) is 0.619. The molecule has 0 bridgehead atoms. The Morgan fingerprint density at radius 3 is 0.856 bits per heavy atom. The Bertz CT molecular complexity index is 3510. The third-order valence-corrected chi connectivity index (χ3v) is 24.2. The van der Waals surface area contributed by atoms with E-state index in [9.17, 15) is 77.3 Å². The van der Waals surface area contributed by atoms with E-state index in [1.807, 2.05) is 53.4 Å². The van der Waals surface area contributed by atoms with E-state index in [-0.39, 0.29) is 106 Å². The van der Waals surface area contributed by atoms with Gasteiger partial charge in [0.05, 0.1) is 93.5 Å². The lowest BCUT2D eigenvalue weighted by molar-refractivity contribution is -0.158. The zero-order valence-electron chi connectivity index (χ0n) is 66.4. The highest BCUT2D eigenvalue weighted by Crippen LogP contribution is 2.45. The molecule has 0 saturated heterocycles. The van der Waals surface area contributed by atoms with Crippen molar-refractivity contribution in [1.82, 2.24) is 14.7 Å². The minimum absolute atomic E-state index is 0.00176. The van der Waals surface area contributed by atoms with E-state index in [1.54, 1.807) is 86.6 Å². The van der Waals surface area contributed by atoms with Crippen LogP contribution in [0.15, 0.2) is 72.8 Å². The summed E-state index contributed by atoms with van der Waals surface area (Å²) in [4.78, 5) is 169. The van der Waals surface area contributed by atoms with Gasteiger partial charge in [-0.05, 0) is 297 Å². The SMILES string of the molecule is CC1(C(=O)Cl)CCC(N2C(=O)c3ccccc3C2=O)CC1.CC1(C(=O)O)CCC(N2C(=O)c3ccccc3C2=O)CC1.CCOC(=O)C1(C)CCC(C)CC1.CCOC(=O)C1(C)CCC(N2C(=O)c3ccccc3C2=O)CC1.CCOC(=O)C1(C)CCC(O)CC1.CCOC(=O)C1CCC(C)CC1.CI.O=C(Cl)C(=O)Cl. The summed E-state index contributed by atoms with van der Waals surface area (Å²) in [6, 6.07) is 20.2. The number of aliphatic hydroxyl groups excluding tert-OH is 1. The number of nitrogens with zero attached hydrogens (tertiary/aromatic N) is 3. The average Bonchev–Trinajstić information content (AvgIpc) is 1.65. The van der Waals surface area contributed by atoms with Crippen molar-refractivity contribution in [2.75, 3.05) is 31.4 Å². The molecule has 612 valence electrons. The zero-order chi connectivity index (χ0) is 82.9. The Morgan fingerprint density at radius 1 is 0.378 bits per heavy atom. The smallest absolute Gasteiger partial charge is 0.311 e. The van der Waals surface area contributed by atoms with Gasteiger partial charge < -0.3 is 29.2 Å². The summed E-state index contributed by atoms with van der Waals surface area (Å²) in [5, 5.41) is 15.9. The van der Waals surface area contributed by atoms with Gasteiger partial charge in [0.2, 0.25) is 5.24 Å². The maximum Gasteiger partial charge on any atom is 0.311 e. The Morgan fingerprint density at radius 2 is 0.613 bits per heavy atom. The van der Waals surface area contributed by atoms with E-state index in [0.29, 0.717) is 137 Å². The number of esters is 4. The van der Waals surface area contributed by atoms with Gasteiger partial charge >= 0.3 is 40.3 Å². The minimum atomic E-state index is -1.14. The summed E-state index contributed by atoms with van der Waals surface area (Å²) in [7, 11) is 0. The molecule has 3 aliphatic heterocycles. The first-order valence-corrected chi connectivity index (χ1v) is 42.2. The fourth-order valence-electron chi connectivity index (χ4n) is 15.4. The molecule has 111 heavy (non-hydrogen) atoms. The van der Waals surface area contributed by atoms with Crippen molar-refractivity contribution < 1.29 is 96.3 Å². The molecular formula is C84H113Cl3IN3O20. The lowest BCUT2D eigenvalue weighted by atomic mass is 9.72. The highest BCUT2D eigenvalue weighted by molar-refractivity contribution is 14.1. The summed E-state index contributed by atoms with van der Waals surface area (Å²) >= 11 is 16.8. The number of halogens is 4. The van der Waals surface area contributed by atoms with E-state index in [4.69, 9.17) is 30.5 Å². The maximum absolute atomic E-state index is 12.5. The number of hydrogen-bond acceptors (Lipinski definition) is 19. The minimum Gasteiger partial charge on any atom is -0.481 e. The second-order valence-electron chi connectivity index (χ2n) is 31.5. The summed E-state index contributed by atoms with van der Waals surface area (Å²) in [6.07, 6.45) is 18.5. The number of carbonyl (C=O) groups is 14. The third-order valence-electron chi connectivity index (χ3n) is 23.3. The first kappa shape index (κ1) is 94.6. The Balaban J connectivity index is 0.000000237. The van der Waals surface area contributed by atoms with Gasteiger partial charge in [0.1, 0.15) is 0 Å². The topological polar surface area (TPSA) is 326 Å². The van der Waals surface area contributed by atoms with Crippen LogP contribution in [-0.2, 0) is 57.3 Å². The first-order valence-electron chi connectivity index (χ1n) is 38.9. The van der Waals surface area contributed by atoms with Crippen molar-refractivity contribution in [2.24, 2.45) is 44.8 Å². The van der Waals surface area contributed by atoms with Gasteiger partial charge in [0, 0.05) is 23.5 Å². The molecule has 6 fully saturated rings. The lowest BCUT2D eigenvalue weighted by Crippen LogP contribution is -2.45. The van der Waals surface area contributed by atoms with Gasteiger partial charge in [0.15, 0.2) is 0 Å². The van der Waals surface area contributed by atoms with E-state index < -0.39 is 32.7 Å². The van der Waals surface area contributed by atoms with Crippen LogP contribution in [0.4, 0.5) is 0 Å². The van der Waals surface area contributed by atoms with Crippen LogP contribution in [0.3, 0.4) is 0 Å².